The van der Waals surface area contributed by atoms with Crippen LogP contribution < -0.4 is 0 Å². The molecule has 2 nitrogen and oxygen atoms in total. The molecule has 3 heteroatoms. The summed E-state index contributed by atoms with van der Waals surface area (Å²) in [6.45, 7) is 0. The van der Waals surface area contributed by atoms with Gasteiger partial charge in [-0.05, 0) is 17.0 Å². The van der Waals surface area contributed by atoms with Crippen LogP contribution in [0.25, 0.3) is 0 Å². The van der Waals surface area contributed by atoms with Crippen LogP contribution in [0, 0.1) is 0 Å². The molecule has 1 amide bonds. The summed E-state index contributed by atoms with van der Waals surface area (Å²) in [5.74, 6) is 0.138. The third-order valence-corrected chi connectivity index (χ3v) is 3.93. The molecular weight excluding hydrogens is 218 g/mol. The maximum absolute atomic E-state index is 12.0. The van der Waals surface area contributed by atoms with Crippen molar-refractivity contribution in [1.29, 1.82) is 0 Å². The van der Waals surface area contributed by atoms with E-state index in [-0.39, 0.29) is 11.9 Å². The van der Waals surface area contributed by atoms with Crippen LogP contribution in [0.3, 0.4) is 0 Å². The van der Waals surface area contributed by atoms with Gasteiger partial charge in [-0.25, -0.2) is 0 Å². The van der Waals surface area contributed by atoms with E-state index >= 15 is 0 Å². The lowest BCUT2D eigenvalue weighted by Gasteiger charge is -2.20. The number of hydrogen-bond acceptors (Lipinski definition) is 2. The Labute approximate surface area is 98.1 Å². The fourth-order valence-electron chi connectivity index (χ4n) is 2.23. The van der Waals surface area contributed by atoms with Crippen molar-refractivity contribution >= 4 is 17.2 Å². The highest BCUT2D eigenvalue weighted by Crippen LogP contribution is 2.39. The van der Waals surface area contributed by atoms with Crippen LogP contribution in [-0.4, -0.2) is 17.9 Å². The molecule has 0 N–H and O–H groups in total. The van der Waals surface area contributed by atoms with Gasteiger partial charge in [0.15, 0.2) is 0 Å². The molecule has 1 aromatic carbocycles. The zero-order valence-corrected chi connectivity index (χ0v) is 9.70. The smallest absolute Gasteiger partial charge is 0.264 e. The van der Waals surface area contributed by atoms with E-state index in [9.17, 15) is 4.79 Å². The number of rotatable bonds is 1. The summed E-state index contributed by atoms with van der Waals surface area (Å²) in [5.41, 5.74) is 2.32. The first-order valence-corrected chi connectivity index (χ1v) is 6.06. The van der Waals surface area contributed by atoms with Gasteiger partial charge in [0.25, 0.3) is 5.91 Å². The van der Waals surface area contributed by atoms with Gasteiger partial charge in [0.05, 0.1) is 10.9 Å². The van der Waals surface area contributed by atoms with Crippen molar-refractivity contribution in [2.45, 2.75) is 6.04 Å². The van der Waals surface area contributed by atoms with Gasteiger partial charge in [-0.2, -0.15) is 0 Å². The Kier molecular flexibility index (Phi) is 2.07. The van der Waals surface area contributed by atoms with Gasteiger partial charge in [0, 0.05) is 12.6 Å². The molecule has 16 heavy (non-hydrogen) atoms. The molecule has 0 fully saturated rings. The minimum Gasteiger partial charge on any atom is -0.330 e. The van der Waals surface area contributed by atoms with Crippen molar-refractivity contribution < 1.29 is 4.79 Å². The predicted octanol–water partition coefficient (Wildman–Crippen LogP) is 2.92. The average Bonchev–Trinajstić information content (AvgIpc) is 2.86. The van der Waals surface area contributed by atoms with E-state index in [1.54, 1.807) is 0 Å². The second-order valence-corrected chi connectivity index (χ2v) is 4.85. The van der Waals surface area contributed by atoms with Gasteiger partial charge in [0.2, 0.25) is 0 Å². The highest BCUT2D eigenvalue weighted by molar-refractivity contribution is 7.12. The molecule has 0 spiro atoms. The third kappa shape index (κ3) is 1.21. The van der Waals surface area contributed by atoms with E-state index in [0.29, 0.717) is 0 Å². The monoisotopic (exact) mass is 229 g/mol. The molecule has 1 aromatic heterocycles. The van der Waals surface area contributed by atoms with Crippen LogP contribution in [0.1, 0.15) is 26.8 Å². The highest BCUT2D eigenvalue weighted by atomic mass is 32.1. The first-order valence-electron chi connectivity index (χ1n) is 5.18. The zero-order chi connectivity index (χ0) is 11.1. The summed E-state index contributed by atoms with van der Waals surface area (Å²) in [6.07, 6.45) is 0. The zero-order valence-electron chi connectivity index (χ0n) is 8.88. The maximum atomic E-state index is 12.0. The molecule has 80 valence electrons. The lowest BCUT2D eigenvalue weighted by Crippen LogP contribution is -2.23. The van der Waals surface area contributed by atoms with E-state index in [2.05, 4.69) is 18.2 Å². The summed E-state index contributed by atoms with van der Waals surface area (Å²) < 4.78 is 0. The highest BCUT2D eigenvalue weighted by Gasteiger charge is 2.35. The summed E-state index contributed by atoms with van der Waals surface area (Å²) in [6, 6.07) is 12.3. The molecule has 0 bridgehead atoms. The summed E-state index contributed by atoms with van der Waals surface area (Å²) >= 11 is 1.53. The first-order chi connectivity index (χ1) is 7.79. The van der Waals surface area contributed by atoms with Gasteiger partial charge >= 0.3 is 0 Å². The number of benzene rings is 1. The standard InChI is InChI=1S/C13H11NOS/c1-14-11(9-5-3-2-4-6-9)10-7-8-16-12(10)13(14)15/h2-8,11H,1H3. The molecule has 0 saturated carbocycles. The van der Waals surface area contributed by atoms with Gasteiger partial charge in [-0.15, -0.1) is 11.3 Å². The number of hydrogen-bond donors (Lipinski definition) is 0. The predicted molar refractivity (Wildman–Crippen MR) is 64.7 cm³/mol. The largest absolute Gasteiger partial charge is 0.330 e. The van der Waals surface area contributed by atoms with Crippen LogP contribution in [0.15, 0.2) is 41.8 Å². The van der Waals surface area contributed by atoms with Crippen molar-refractivity contribution in [2.24, 2.45) is 0 Å². The Bertz CT molecular complexity index is 532. The molecule has 1 atom stereocenters. The average molecular weight is 229 g/mol. The topological polar surface area (TPSA) is 20.3 Å². The van der Waals surface area contributed by atoms with Crippen LogP contribution in [0.4, 0.5) is 0 Å². The van der Waals surface area contributed by atoms with E-state index in [4.69, 9.17) is 0 Å². The van der Waals surface area contributed by atoms with Gasteiger partial charge in [0.1, 0.15) is 0 Å². The van der Waals surface area contributed by atoms with Gasteiger partial charge in [-0.3, -0.25) is 4.79 Å². The quantitative estimate of drug-likeness (QED) is 0.736. The Hall–Kier alpha value is -1.61. The number of fused-ring (bicyclic) bond motifs is 1. The fourth-order valence-corrected chi connectivity index (χ4v) is 3.14. The van der Waals surface area contributed by atoms with E-state index < -0.39 is 0 Å². The molecule has 1 aliphatic rings. The lowest BCUT2D eigenvalue weighted by molar-refractivity contribution is 0.0796. The molecule has 0 aliphatic carbocycles. The minimum absolute atomic E-state index is 0.0925. The molecule has 2 aromatic rings. The van der Waals surface area contributed by atoms with Crippen LogP contribution in [-0.2, 0) is 0 Å². The first kappa shape index (κ1) is 9.60. The van der Waals surface area contributed by atoms with Gasteiger partial charge < -0.3 is 4.90 Å². The number of carbonyl (C=O) groups excluding carboxylic acids is 1. The second kappa shape index (κ2) is 3.46. The van der Waals surface area contributed by atoms with E-state index in [1.807, 2.05) is 35.5 Å². The Morgan fingerprint density at radius 3 is 2.69 bits per heavy atom. The van der Waals surface area contributed by atoms with Crippen molar-refractivity contribution in [3.63, 3.8) is 0 Å². The maximum Gasteiger partial charge on any atom is 0.264 e. The Morgan fingerprint density at radius 2 is 1.94 bits per heavy atom. The molecule has 3 rings (SSSR count). The van der Waals surface area contributed by atoms with Crippen LogP contribution in [0.2, 0.25) is 0 Å². The summed E-state index contributed by atoms with van der Waals surface area (Å²) in [5, 5.41) is 1.99. The van der Waals surface area contributed by atoms with Crippen molar-refractivity contribution in [3.8, 4) is 0 Å². The number of nitrogens with zero attached hydrogens (tertiary/aromatic N) is 1. The second-order valence-electron chi connectivity index (χ2n) is 3.93. The minimum atomic E-state index is 0.0925. The molecule has 1 unspecified atom stereocenters. The molecule has 1 aliphatic heterocycles. The molecule has 0 radical (unpaired) electrons. The molecule has 0 saturated heterocycles. The van der Waals surface area contributed by atoms with Crippen molar-refractivity contribution in [3.05, 3.63) is 57.8 Å². The normalized spacial score (nSPS) is 18.9. The Morgan fingerprint density at radius 1 is 1.19 bits per heavy atom. The number of amides is 1. The van der Waals surface area contributed by atoms with E-state index in [1.165, 1.54) is 16.9 Å². The molecule has 2 heterocycles. The fraction of sp³-hybridized carbons (Fsp3) is 0.154. The van der Waals surface area contributed by atoms with Crippen LogP contribution in [0.5, 0.6) is 0 Å². The van der Waals surface area contributed by atoms with Crippen LogP contribution >= 0.6 is 11.3 Å². The van der Waals surface area contributed by atoms with Crippen molar-refractivity contribution in [2.75, 3.05) is 7.05 Å². The third-order valence-electron chi connectivity index (χ3n) is 3.01. The number of carbonyl (C=O) groups is 1. The molecular formula is C13H11NOS. The van der Waals surface area contributed by atoms with E-state index in [0.717, 1.165) is 10.4 Å². The summed E-state index contributed by atoms with van der Waals surface area (Å²) in [7, 11) is 1.87. The lowest BCUT2D eigenvalue weighted by atomic mass is 10.0. The van der Waals surface area contributed by atoms with Gasteiger partial charge in [-0.1, -0.05) is 30.3 Å². The van der Waals surface area contributed by atoms with Crippen molar-refractivity contribution in [1.82, 2.24) is 4.90 Å². The summed E-state index contributed by atoms with van der Waals surface area (Å²) in [4.78, 5) is 14.7. The number of thiophene rings is 1. The SMILES string of the molecule is CN1C(=O)c2sccc2C1c1ccccc1. The Balaban J connectivity index is 2.14.